The molecule has 5 nitrogen and oxygen atoms in total. The molecule has 0 unspecified atom stereocenters. The van der Waals surface area contributed by atoms with Crippen LogP contribution in [0.2, 0.25) is 0 Å². The molecule has 0 radical (unpaired) electrons. The van der Waals surface area contributed by atoms with E-state index in [1.54, 1.807) is 6.33 Å². The summed E-state index contributed by atoms with van der Waals surface area (Å²) in [4.78, 5) is 11.5. The average Bonchev–Trinajstić information content (AvgIpc) is 2.85. The molecule has 1 aromatic heterocycles. The van der Waals surface area contributed by atoms with Crippen molar-refractivity contribution in [3.63, 3.8) is 0 Å². The maximum absolute atomic E-state index is 11.5. The molecule has 0 atom stereocenters. The molecule has 0 aliphatic carbocycles. The predicted octanol–water partition coefficient (Wildman–Crippen LogP) is 1.80. The SMILES string of the molecule is CCNC(=O)CSc1nncn1-c1ccccc1C. The molecule has 0 fully saturated rings. The monoisotopic (exact) mass is 276 g/mol. The van der Waals surface area contributed by atoms with Gasteiger partial charge in [0, 0.05) is 6.54 Å². The molecule has 6 heteroatoms. The van der Waals surface area contributed by atoms with Crippen molar-refractivity contribution >= 4 is 17.7 Å². The Balaban J connectivity index is 2.14. The molecular weight excluding hydrogens is 260 g/mol. The Hall–Kier alpha value is -1.82. The zero-order chi connectivity index (χ0) is 13.7. The fraction of sp³-hybridized carbons (Fsp3) is 0.308. The van der Waals surface area contributed by atoms with Gasteiger partial charge in [0.2, 0.25) is 5.91 Å². The summed E-state index contributed by atoms with van der Waals surface area (Å²) in [6, 6.07) is 8.01. The number of carbonyl (C=O) groups is 1. The molecule has 2 rings (SSSR count). The van der Waals surface area contributed by atoms with Gasteiger partial charge in [0.15, 0.2) is 5.16 Å². The Morgan fingerprint density at radius 1 is 1.42 bits per heavy atom. The van der Waals surface area contributed by atoms with Crippen LogP contribution in [0, 0.1) is 6.92 Å². The molecule has 100 valence electrons. The van der Waals surface area contributed by atoms with Gasteiger partial charge in [0.05, 0.1) is 11.4 Å². The predicted molar refractivity (Wildman–Crippen MR) is 75.5 cm³/mol. The Labute approximate surface area is 116 Å². The van der Waals surface area contributed by atoms with Crippen LogP contribution in [-0.4, -0.2) is 33.0 Å². The summed E-state index contributed by atoms with van der Waals surface area (Å²) in [5.41, 5.74) is 2.17. The summed E-state index contributed by atoms with van der Waals surface area (Å²) in [6.45, 7) is 4.58. The van der Waals surface area contributed by atoms with Gasteiger partial charge in [-0.2, -0.15) is 0 Å². The molecule has 0 bridgehead atoms. The van der Waals surface area contributed by atoms with Gasteiger partial charge in [-0.25, -0.2) is 0 Å². The highest BCUT2D eigenvalue weighted by Gasteiger charge is 2.10. The zero-order valence-corrected chi connectivity index (χ0v) is 11.8. The van der Waals surface area contributed by atoms with Gasteiger partial charge in [-0.15, -0.1) is 10.2 Å². The molecular formula is C13H16N4OS. The fourth-order valence-electron chi connectivity index (χ4n) is 1.70. The van der Waals surface area contributed by atoms with E-state index in [2.05, 4.69) is 15.5 Å². The summed E-state index contributed by atoms with van der Waals surface area (Å²) in [6.07, 6.45) is 1.67. The van der Waals surface area contributed by atoms with Crippen LogP contribution in [0.3, 0.4) is 0 Å². The Kier molecular flexibility index (Phi) is 4.57. The third-order valence-electron chi connectivity index (χ3n) is 2.60. The van der Waals surface area contributed by atoms with Gasteiger partial charge < -0.3 is 5.32 Å². The van der Waals surface area contributed by atoms with Crippen molar-refractivity contribution in [1.29, 1.82) is 0 Å². The average molecular weight is 276 g/mol. The van der Waals surface area contributed by atoms with Gasteiger partial charge in [0.25, 0.3) is 0 Å². The van der Waals surface area contributed by atoms with E-state index in [-0.39, 0.29) is 5.91 Å². The zero-order valence-electron chi connectivity index (χ0n) is 11.0. The number of thioether (sulfide) groups is 1. The first-order valence-corrected chi connectivity index (χ1v) is 7.06. The smallest absolute Gasteiger partial charge is 0.230 e. The Morgan fingerprint density at radius 3 is 2.95 bits per heavy atom. The summed E-state index contributed by atoms with van der Waals surface area (Å²) < 4.78 is 1.90. The maximum atomic E-state index is 11.5. The second-order valence-corrected chi connectivity index (χ2v) is 4.95. The van der Waals surface area contributed by atoms with Crippen molar-refractivity contribution in [1.82, 2.24) is 20.1 Å². The van der Waals surface area contributed by atoms with E-state index in [0.29, 0.717) is 12.3 Å². The van der Waals surface area contributed by atoms with Gasteiger partial charge in [-0.05, 0) is 25.5 Å². The summed E-state index contributed by atoms with van der Waals surface area (Å²) in [5, 5.41) is 11.5. The third-order valence-corrected chi connectivity index (χ3v) is 3.54. The summed E-state index contributed by atoms with van der Waals surface area (Å²) >= 11 is 1.38. The summed E-state index contributed by atoms with van der Waals surface area (Å²) in [5.74, 6) is 0.352. The van der Waals surface area contributed by atoms with E-state index in [1.807, 2.05) is 42.7 Å². The number of hydrogen-bond acceptors (Lipinski definition) is 4. The number of benzene rings is 1. The van der Waals surface area contributed by atoms with E-state index in [1.165, 1.54) is 11.8 Å². The lowest BCUT2D eigenvalue weighted by Crippen LogP contribution is -2.24. The number of carbonyl (C=O) groups excluding carboxylic acids is 1. The van der Waals surface area contributed by atoms with Gasteiger partial charge in [-0.1, -0.05) is 30.0 Å². The van der Waals surface area contributed by atoms with E-state index in [0.717, 1.165) is 16.4 Å². The van der Waals surface area contributed by atoms with Crippen molar-refractivity contribution < 1.29 is 4.79 Å². The number of nitrogens with one attached hydrogen (secondary N) is 1. The normalized spacial score (nSPS) is 10.4. The van der Waals surface area contributed by atoms with E-state index in [4.69, 9.17) is 0 Å². The van der Waals surface area contributed by atoms with Crippen molar-refractivity contribution in [3.05, 3.63) is 36.2 Å². The van der Waals surface area contributed by atoms with Crippen molar-refractivity contribution in [2.45, 2.75) is 19.0 Å². The molecule has 1 heterocycles. The molecule has 2 aromatic rings. The minimum Gasteiger partial charge on any atom is -0.356 e. The van der Waals surface area contributed by atoms with E-state index in [9.17, 15) is 4.79 Å². The van der Waals surface area contributed by atoms with Gasteiger partial charge >= 0.3 is 0 Å². The molecule has 19 heavy (non-hydrogen) atoms. The number of nitrogens with zero attached hydrogens (tertiary/aromatic N) is 3. The van der Waals surface area contributed by atoms with Gasteiger partial charge in [-0.3, -0.25) is 9.36 Å². The third kappa shape index (κ3) is 3.35. The number of aromatic nitrogens is 3. The molecule has 0 aliphatic heterocycles. The number of aryl methyl sites for hydroxylation is 1. The second kappa shape index (κ2) is 6.38. The lowest BCUT2D eigenvalue weighted by Gasteiger charge is -2.08. The number of amides is 1. The Morgan fingerprint density at radius 2 is 2.21 bits per heavy atom. The first kappa shape index (κ1) is 13.6. The summed E-state index contributed by atoms with van der Waals surface area (Å²) in [7, 11) is 0. The fourth-order valence-corrected chi connectivity index (χ4v) is 2.45. The first-order chi connectivity index (χ1) is 9.22. The molecule has 1 amide bonds. The van der Waals surface area contributed by atoms with Crippen LogP contribution in [0.1, 0.15) is 12.5 Å². The van der Waals surface area contributed by atoms with Crippen LogP contribution >= 0.6 is 11.8 Å². The molecule has 0 saturated carbocycles. The topological polar surface area (TPSA) is 59.8 Å². The highest BCUT2D eigenvalue weighted by Crippen LogP contribution is 2.21. The van der Waals surface area contributed by atoms with Crippen molar-refractivity contribution in [2.75, 3.05) is 12.3 Å². The lowest BCUT2D eigenvalue weighted by molar-refractivity contribution is -0.118. The van der Waals surface area contributed by atoms with Gasteiger partial charge in [0.1, 0.15) is 6.33 Å². The van der Waals surface area contributed by atoms with Crippen LogP contribution in [0.25, 0.3) is 5.69 Å². The van der Waals surface area contributed by atoms with Crippen LogP contribution in [0.15, 0.2) is 35.7 Å². The van der Waals surface area contributed by atoms with E-state index >= 15 is 0 Å². The largest absolute Gasteiger partial charge is 0.356 e. The molecule has 0 saturated heterocycles. The van der Waals surface area contributed by atoms with Crippen LogP contribution in [-0.2, 0) is 4.79 Å². The van der Waals surface area contributed by atoms with Crippen LogP contribution < -0.4 is 5.32 Å². The standard InChI is InChI=1S/C13H16N4OS/c1-3-14-12(18)8-19-13-16-15-9-17(13)11-7-5-4-6-10(11)2/h4-7,9H,3,8H2,1-2H3,(H,14,18). The maximum Gasteiger partial charge on any atom is 0.230 e. The lowest BCUT2D eigenvalue weighted by atomic mass is 10.2. The second-order valence-electron chi connectivity index (χ2n) is 4.01. The molecule has 1 N–H and O–H groups in total. The highest BCUT2D eigenvalue weighted by atomic mass is 32.2. The van der Waals surface area contributed by atoms with Crippen LogP contribution in [0.5, 0.6) is 0 Å². The first-order valence-electron chi connectivity index (χ1n) is 6.08. The number of rotatable bonds is 5. The highest BCUT2D eigenvalue weighted by molar-refractivity contribution is 7.99. The number of para-hydroxylation sites is 1. The minimum atomic E-state index is 0.00633. The van der Waals surface area contributed by atoms with E-state index < -0.39 is 0 Å². The van der Waals surface area contributed by atoms with Crippen molar-refractivity contribution in [2.24, 2.45) is 0 Å². The molecule has 0 spiro atoms. The number of hydrogen-bond donors (Lipinski definition) is 1. The van der Waals surface area contributed by atoms with Crippen LogP contribution in [0.4, 0.5) is 0 Å². The minimum absolute atomic E-state index is 0.00633. The quantitative estimate of drug-likeness (QED) is 0.846. The molecule has 0 aliphatic rings. The molecule has 1 aromatic carbocycles. The Bertz CT molecular complexity index is 567. The van der Waals surface area contributed by atoms with Crippen molar-refractivity contribution in [3.8, 4) is 5.69 Å².